The number of nitrogens with zero attached hydrogens (tertiary/aromatic N) is 2. The van der Waals surface area contributed by atoms with Gasteiger partial charge in [-0.1, -0.05) is 0 Å². The Kier molecular flexibility index (Phi) is 4.43. The van der Waals surface area contributed by atoms with Gasteiger partial charge in [0.05, 0.1) is 23.9 Å². The van der Waals surface area contributed by atoms with Crippen molar-refractivity contribution in [1.29, 1.82) is 0 Å². The fourth-order valence-corrected chi connectivity index (χ4v) is 3.08. The molecule has 1 aromatic carbocycles. The monoisotopic (exact) mass is 347 g/mol. The first-order valence-electron chi connectivity index (χ1n) is 7.97. The molecule has 2 heterocycles. The summed E-state index contributed by atoms with van der Waals surface area (Å²) >= 11 is 0. The molecule has 0 radical (unpaired) electrons. The van der Waals surface area contributed by atoms with Crippen molar-refractivity contribution in [1.82, 2.24) is 14.5 Å². The van der Waals surface area contributed by atoms with Crippen LogP contribution in [0.3, 0.4) is 0 Å². The first kappa shape index (κ1) is 16.9. The molecule has 1 atom stereocenters. The van der Waals surface area contributed by atoms with E-state index in [9.17, 15) is 18.8 Å². The molecule has 7 nitrogen and oxygen atoms in total. The van der Waals surface area contributed by atoms with Crippen LogP contribution in [-0.4, -0.2) is 27.6 Å². The first-order valence-corrected chi connectivity index (χ1v) is 7.97. The van der Waals surface area contributed by atoms with E-state index in [0.29, 0.717) is 17.6 Å². The van der Waals surface area contributed by atoms with E-state index in [1.165, 1.54) is 40.7 Å². The van der Waals surface area contributed by atoms with Gasteiger partial charge in [0.25, 0.3) is 0 Å². The van der Waals surface area contributed by atoms with Gasteiger partial charge in [0.15, 0.2) is 0 Å². The predicted molar refractivity (Wildman–Crippen MR) is 89.2 cm³/mol. The van der Waals surface area contributed by atoms with Crippen molar-refractivity contribution in [3.05, 3.63) is 40.3 Å². The third-order valence-corrected chi connectivity index (χ3v) is 4.25. The average molecular weight is 347 g/mol. The molecule has 3 rings (SSSR count). The Labute approximate surface area is 142 Å². The van der Waals surface area contributed by atoms with Gasteiger partial charge in [0.2, 0.25) is 11.8 Å². The molecule has 0 spiro atoms. The highest BCUT2D eigenvalue weighted by Gasteiger charge is 2.31. The van der Waals surface area contributed by atoms with E-state index in [0.717, 1.165) is 0 Å². The summed E-state index contributed by atoms with van der Waals surface area (Å²) in [5, 5.41) is 2.24. The highest BCUT2D eigenvalue weighted by atomic mass is 19.1. The SMILES string of the molecule is CCOC=Cc1c(F)ccc2c1n(C)c(=O)n2C1CCC(=O)NC1=O. The number of imide groups is 1. The molecule has 2 amide bonds. The Hall–Kier alpha value is -2.90. The molecule has 8 heteroatoms. The maximum atomic E-state index is 14.3. The van der Waals surface area contributed by atoms with Gasteiger partial charge in [-0.15, -0.1) is 0 Å². The van der Waals surface area contributed by atoms with Crippen LogP contribution in [0.25, 0.3) is 17.1 Å². The number of carbonyl (C=O) groups is 2. The third kappa shape index (κ3) is 2.84. The highest BCUT2D eigenvalue weighted by Crippen LogP contribution is 2.27. The molecular formula is C17H18FN3O4. The number of carbonyl (C=O) groups excluding carboxylic acids is 2. The molecule has 1 fully saturated rings. The maximum absolute atomic E-state index is 14.3. The molecule has 2 aromatic rings. The summed E-state index contributed by atoms with van der Waals surface area (Å²) in [5.41, 5.74) is 0.558. The van der Waals surface area contributed by atoms with Crippen molar-refractivity contribution < 1.29 is 18.7 Å². The highest BCUT2D eigenvalue weighted by molar-refractivity contribution is 6.00. The van der Waals surface area contributed by atoms with Crippen LogP contribution in [0, 0.1) is 5.82 Å². The number of rotatable bonds is 4. The topological polar surface area (TPSA) is 82.3 Å². The Morgan fingerprint density at radius 2 is 2.12 bits per heavy atom. The van der Waals surface area contributed by atoms with Gasteiger partial charge in [-0.05, 0) is 31.6 Å². The fourth-order valence-electron chi connectivity index (χ4n) is 3.08. The Morgan fingerprint density at radius 1 is 1.36 bits per heavy atom. The number of ether oxygens (including phenoxy) is 1. The normalized spacial score (nSPS) is 18.1. The minimum absolute atomic E-state index is 0.150. The summed E-state index contributed by atoms with van der Waals surface area (Å²) in [5.74, 6) is -1.39. The molecule has 1 aliphatic heterocycles. The van der Waals surface area contributed by atoms with Gasteiger partial charge in [0, 0.05) is 19.0 Å². The second-order valence-corrected chi connectivity index (χ2v) is 5.77. The molecule has 1 N–H and O–H groups in total. The number of benzene rings is 1. The number of amides is 2. The molecule has 1 saturated heterocycles. The van der Waals surface area contributed by atoms with E-state index in [4.69, 9.17) is 4.74 Å². The number of aromatic nitrogens is 2. The summed E-state index contributed by atoms with van der Waals surface area (Å²) in [4.78, 5) is 36.2. The van der Waals surface area contributed by atoms with Gasteiger partial charge >= 0.3 is 5.69 Å². The van der Waals surface area contributed by atoms with Gasteiger partial charge < -0.3 is 4.74 Å². The van der Waals surface area contributed by atoms with E-state index in [-0.39, 0.29) is 24.3 Å². The number of nitrogens with one attached hydrogen (secondary N) is 1. The van der Waals surface area contributed by atoms with Crippen molar-refractivity contribution in [2.75, 3.05) is 6.61 Å². The van der Waals surface area contributed by atoms with Crippen molar-refractivity contribution in [3.63, 3.8) is 0 Å². The number of halogens is 1. The number of piperidine rings is 1. The zero-order valence-electron chi connectivity index (χ0n) is 13.9. The van der Waals surface area contributed by atoms with Crippen LogP contribution in [0.1, 0.15) is 31.4 Å². The second-order valence-electron chi connectivity index (χ2n) is 5.77. The van der Waals surface area contributed by atoms with Crippen molar-refractivity contribution in [2.24, 2.45) is 7.05 Å². The number of imidazole rings is 1. The van der Waals surface area contributed by atoms with Crippen LogP contribution in [0.4, 0.5) is 4.39 Å². The molecule has 0 saturated carbocycles. The van der Waals surface area contributed by atoms with E-state index in [2.05, 4.69) is 5.32 Å². The van der Waals surface area contributed by atoms with E-state index >= 15 is 0 Å². The zero-order valence-corrected chi connectivity index (χ0v) is 13.9. The standard InChI is InChI=1S/C17H18FN3O4/c1-3-25-9-8-10-11(18)4-5-12-15(10)20(2)17(24)21(12)13-6-7-14(22)19-16(13)23/h4-5,8-9,13H,3,6-7H2,1-2H3,(H,19,22,23). The summed E-state index contributed by atoms with van der Waals surface area (Å²) < 4.78 is 22.0. The average Bonchev–Trinajstić information content (AvgIpc) is 2.82. The van der Waals surface area contributed by atoms with Gasteiger partial charge in [-0.2, -0.15) is 0 Å². The number of hydrogen-bond acceptors (Lipinski definition) is 4. The summed E-state index contributed by atoms with van der Waals surface area (Å²) in [7, 11) is 1.52. The van der Waals surface area contributed by atoms with Crippen LogP contribution >= 0.6 is 0 Å². The molecular weight excluding hydrogens is 329 g/mol. The first-order chi connectivity index (χ1) is 12.0. The minimum atomic E-state index is -0.803. The van der Waals surface area contributed by atoms with Crippen LogP contribution in [0.2, 0.25) is 0 Å². The Balaban J connectivity index is 2.20. The lowest BCUT2D eigenvalue weighted by Gasteiger charge is -2.21. The molecule has 1 aliphatic rings. The molecule has 0 bridgehead atoms. The molecule has 1 unspecified atom stereocenters. The number of aryl methyl sites for hydroxylation is 1. The summed E-state index contributed by atoms with van der Waals surface area (Å²) in [6, 6.07) is 1.91. The molecule has 25 heavy (non-hydrogen) atoms. The molecule has 0 aliphatic carbocycles. The van der Waals surface area contributed by atoms with Gasteiger partial charge in [-0.25, -0.2) is 9.18 Å². The van der Waals surface area contributed by atoms with Crippen LogP contribution in [-0.2, 0) is 21.4 Å². The smallest absolute Gasteiger partial charge is 0.329 e. The van der Waals surface area contributed by atoms with Gasteiger partial charge in [0.1, 0.15) is 11.9 Å². The zero-order chi connectivity index (χ0) is 18.1. The second kappa shape index (κ2) is 6.54. The van der Waals surface area contributed by atoms with E-state index in [1.807, 2.05) is 0 Å². The van der Waals surface area contributed by atoms with Crippen molar-refractivity contribution >= 4 is 28.9 Å². The Morgan fingerprint density at radius 3 is 2.80 bits per heavy atom. The third-order valence-electron chi connectivity index (χ3n) is 4.25. The Bertz CT molecular complexity index is 941. The predicted octanol–water partition coefficient (Wildman–Crippen LogP) is 1.46. The number of hydrogen-bond donors (Lipinski definition) is 1. The molecule has 132 valence electrons. The quantitative estimate of drug-likeness (QED) is 0.671. The van der Waals surface area contributed by atoms with Gasteiger partial charge in [-0.3, -0.25) is 24.0 Å². The largest absolute Gasteiger partial charge is 0.501 e. The van der Waals surface area contributed by atoms with E-state index < -0.39 is 23.5 Å². The minimum Gasteiger partial charge on any atom is -0.501 e. The lowest BCUT2D eigenvalue weighted by atomic mass is 10.1. The fraction of sp³-hybridized carbons (Fsp3) is 0.353. The lowest BCUT2D eigenvalue weighted by molar-refractivity contribution is -0.135. The summed E-state index contributed by atoms with van der Waals surface area (Å²) in [6.07, 6.45) is 3.20. The lowest BCUT2D eigenvalue weighted by Crippen LogP contribution is -2.44. The number of fused-ring (bicyclic) bond motifs is 1. The van der Waals surface area contributed by atoms with Crippen LogP contribution < -0.4 is 11.0 Å². The van der Waals surface area contributed by atoms with Crippen molar-refractivity contribution in [3.8, 4) is 0 Å². The van der Waals surface area contributed by atoms with Crippen LogP contribution in [0.5, 0.6) is 0 Å². The van der Waals surface area contributed by atoms with Crippen LogP contribution in [0.15, 0.2) is 23.2 Å². The summed E-state index contributed by atoms with van der Waals surface area (Å²) in [6.45, 7) is 2.24. The van der Waals surface area contributed by atoms with E-state index in [1.54, 1.807) is 6.92 Å². The van der Waals surface area contributed by atoms with Crippen molar-refractivity contribution in [2.45, 2.75) is 25.8 Å². The molecule has 1 aromatic heterocycles. The maximum Gasteiger partial charge on any atom is 0.329 e.